The summed E-state index contributed by atoms with van der Waals surface area (Å²) >= 11 is 0. The zero-order chi connectivity index (χ0) is 13.8. The fraction of sp³-hybridized carbons (Fsp3) is 0.0769. The molecule has 6 nitrogen and oxygen atoms in total. The summed E-state index contributed by atoms with van der Waals surface area (Å²) < 4.78 is 5.06. The number of carbonyl (C=O) groups excluding carboxylic acids is 1. The molecule has 0 unspecified atom stereocenters. The van der Waals surface area contributed by atoms with Crippen LogP contribution in [0.4, 0.5) is 11.4 Å². The number of rotatable bonds is 3. The number of hydrogen-bond donors (Lipinski definition) is 3. The molecule has 0 aliphatic heterocycles. The number of amides is 1. The molecule has 0 radical (unpaired) electrons. The van der Waals surface area contributed by atoms with Crippen LogP contribution in [0.25, 0.3) is 0 Å². The lowest BCUT2D eigenvalue weighted by molar-refractivity contribution is 0.101. The minimum absolute atomic E-state index is 0.0432. The molecule has 6 heteroatoms. The first-order valence-corrected chi connectivity index (χ1v) is 5.50. The average molecular weight is 259 g/mol. The third kappa shape index (κ3) is 2.74. The fourth-order valence-corrected chi connectivity index (χ4v) is 1.55. The van der Waals surface area contributed by atoms with E-state index < -0.39 is 5.91 Å². The van der Waals surface area contributed by atoms with Crippen molar-refractivity contribution < 1.29 is 14.6 Å². The summed E-state index contributed by atoms with van der Waals surface area (Å²) in [5.41, 5.74) is 6.61. The van der Waals surface area contributed by atoms with Crippen LogP contribution in [-0.2, 0) is 0 Å². The SMILES string of the molecule is COc1cc(NC(=O)c2ncccc2O)ccc1N. The lowest BCUT2D eigenvalue weighted by Crippen LogP contribution is -2.13. The first-order valence-electron chi connectivity index (χ1n) is 5.50. The van der Waals surface area contributed by atoms with Gasteiger partial charge < -0.3 is 20.9 Å². The van der Waals surface area contributed by atoms with Crippen molar-refractivity contribution in [2.75, 3.05) is 18.2 Å². The van der Waals surface area contributed by atoms with Gasteiger partial charge in [-0.3, -0.25) is 4.79 Å². The first kappa shape index (κ1) is 12.7. The van der Waals surface area contributed by atoms with Gasteiger partial charge in [0.15, 0.2) is 5.69 Å². The van der Waals surface area contributed by atoms with Gasteiger partial charge in [0, 0.05) is 18.0 Å². The van der Waals surface area contributed by atoms with Crippen LogP contribution < -0.4 is 15.8 Å². The molecule has 0 bridgehead atoms. The van der Waals surface area contributed by atoms with Crippen molar-refractivity contribution in [2.24, 2.45) is 0 Å². The van der Waals surface area contributed by atoms with Gasteiger partial charge in [-0.05, 0) is 24.3 Å². The maximum Gasteiger partial charge on any atom is 0.278 e. The second kappa shape index (κ2) is 5.26. The van der Waals surface area contributed by atoms with Crippen LogP contribution in [0.3, 0.4) is 0 Å². The van der Waals surface area contributed by atoms with Crippen molar-refractivity contribution in [1.82, 2.24) is 4.98 Å². The number of anilines is 2. The van der Waals surface area contributed by atoms with Gasteiger partial charge in [0.2, 0.25) is 0 Å². The zero-order valence-corrected chi connectivity index (χ0v) is 10.3. The molecule has 0 saturated carbocycles. The predicted octanol–water partition coefficient (Wildman–Crippen LogP) is 1.63. The molecule has 0 atom stereocenters. The molecule has 1 aromatic carbocycles. The van der Waals surface area contributed by atoms with E-state index in [1.165, 1.54) is 19.4 Å². The summed E-state index contributed by atoms with van der Waals surface area (Å²) in [7, 11) is 1.49. The highest BCUT2D eigenvalue weighted by molar-refractivity contribution is 6.04. The lowest BCUT2D eigenvalue weighted by atomic mass is 10.2. The summed E-state index contributed by atoms with van der Waals surface area (Å²) in [5.74, 6) is -0.227. The molecule has 2 rings (SSSR count). The Morgan fingerprint density at radius 2 is 2.21 bits per heavy atom. The highest BCUT2D eigenvalue weighted by atomic mass is 16.5. The van der Waals surface area contributed by atoms with Crippen molar-refractivity contribution in [2.45, 2.75) is 0 Å². The molecule has 19 heavy (non-hydrogen) atoms. The topological polar surface area (TPSA) is 97.5 Å². The van der Waals surface area contributed by atoms with Crippen molar-refractivity contribution in [3.8, 4) is 11.5 Å². The third-order valence-corrected chi connectivity index (χ3v) is 2.49. The predicted molar refractivity (Wildman–Crippen MR) is 71.3 cm³/mol. The van der Waals surface area contributed by atoms with Gasteiger partial charge in [0.05, 0.1) is 12.8 Å². The number of nitrogen functional groups attached to an aromatic ring is 1. The second-order valence-electron chi connectivity index (χ2n) is 3.78. The van der Waals surface area contributed by atoms with E-state index in [4.69, 9.17) is 10.5 Å². The Labute approximate surface area is 109 Å². The first-order chi connectivity index (χ1) is 9.11. The molecular weight excluding hydrogens is 246 g/mol. The number of nitrogens with zero attached hydrogens (tertiary/aromatic N) is 1. The minimum Gasteiger partial charge on any atom is -0.505 e. The van der Waals surface area contributed by atoms with E-state index in [0.717, 1.165) is 0 Å². The number of nitrogens with two attached hydrogens (primary N) is 1. The van der Waals surface area contributed by atoms with Crippen LogP contribution in [0.2, 0.25) is 0 Å². The van der Waals surface area contributed by atoms with E-state index in [-0.39, 0.29) is 11.4 Å². The van der Waals surface area contributed by atoms with Gasteiger partial charge in [-0.1, -0.05) is 0 Å². The van der Waals surface area contributed by atoms with Crippen molar-refractivity contribution in [3.63, 3.8) is 0 Å². The molecule has 4 N–H and O–H groups in total. The maximum atomic E-state index is 11.9. The van der Waals surface area contributed by atoms with Crippen LogP contribution in [0.5, 0.6) is 11.5 Å². The van der Waals surface area contributed by atoms with E-state index in [2.05, 4.69) is 10.3 Å². The number of hydrogen-bond acceptors (Lipinski definition) is 5. The molecule has 0 aliphatic carbocycles. The smallest absolute Gasteiger partial charge is 0.278 e. The highest BCUT2D eigenvalue weighted by Gasteiger charge is 2.13. The number of pyridine rings is 1. The van der Waals surface area contributed by atoms with Gasteiger partial charge in [0.1, 0.15) is 11.5 Å². The van der Waals surface area contributed by atoms with Crippen molar-refractivity contribution in [1.29, 1.82) is 0 Å². The van der Waals surface area contributed by atoms with Crippen LogP contribution >= 0.6 is 0 Å². The normalized spacial score (nSPS) is 9.95. The van der Waals surface area contributed by atoms with E-state index in [1.807, 2.05) is 0 Å². The number of ether oxygens (including phenoxy) is 1. The molecule has 1 heterocycles. The highest BCUT2D eigenvalue weighted by Crippen LogP contribution is 2.25. The minimum atomic E-state index is -0.509. The number of aromatic hydroxyl groups is 1. The van der Waals surface area contributed by atoms with Gasteiger partial charge in [-0.25, -0.2) is 4.98 Å². The summed E-state index contributed by atoms with van der Waals surface area (Å²) in [6, 6.07) is 7.78. The molecule has 0 spiro atoms. The van der Waals surface area contributed by atoms with Gasteiger partial charge >= 0.3 is 0 Å². The Bertz CT molecular complexity index is 614. The summed E-state index contributed by atoms with van der Waals surface area (Å²) in [6.45, 7) is 0. The van der Waals surface area contributed by atoms with Crippen LogP contribution in [0, 0.1) is 0 Å². The van der Waals surface area contributed by atoms with E-state index in [0.29, 0.717) is 17.1 Å². The average Bonchev–Trinajstić information content (AvgIpc) is 2.41. The van der Waals surface area contributed by atoms with E-state index in [1.54, 1.807) is 24.3 Å². The Hall–Kier alpha value is -2.76. The van der Waals surface area contributed by atoms with E-state index in [9.17, 15) is 9.90 Å². The molecule has 0 aliphatic rings. The number of aromatic nitrogens is 1. The second-order valence-corrected chi connectivity index (χ2v) is 3.78. The molecule has 2 aromatic rings. The summed E-state index contributed by atoms with van der Waals surface area (Å²) in [6.07, 6.45) is 1.43. The largest absolute Gasteiger partial charge is 0.505 e. The fourth-order valence-electron chi connectivity index (χ4n) is 1.55. The Balaban J connectivity index is 2.22. The van der Waals surface area contributed by atoms with Gasteiger partial charge in [-0.2, -0.15) is 0 Å². The maximum absolute atomic E-state index is 11.9. The third-order valence-electron chi connectivity index (χ3n) is 2.49. The summed E-state index contributed by atoms with van der Waals surface area (Å²) in [4.78, 5) is 15.7. The Morgan fingerprint density at radius 3 is 2.89 bits per heavy atom. The standard InChI is InChI=1S/C13H13N3O3/c1-19-11-7-8(4-5-9(11)14)16-13(18)12-10(17)3-2-6-15-12/h2-7,17H,14H2,1H3,(H,16,18). The number of carbonyl (C=O) groups is 1. The number of benzene rings is 1. The van der Waals surface area contributed by atoms with Crippen LogP contribution in [-0.4, -0.2) is 23.1 Å². The Kier molecular flexibility index (Phi) is 3.51. The molecule has 0 saturated heterocycles. The van der Waals surface area contributed by atoms with Crippen LogP contribution in [0.15, 0.2) is 36.5 Å². The van der Waals surface area contributed by atoms with Gasteiger partial charge in [0.25, 0.3) is 5.91 Å². The quantitative estimate of drug-likeness (QED) is 0.728. The monoisotopic (exact) mass is 259 g/mol. The molecule has 0 fully saturated rings. The lowest BCUT2D eigenvalue weighted by Gasteiger charge is -2.09. The van der Waals surface area contributed by atoms with Crippen LogP contribution in [0.1, 0.15) is 10.5 Å². The molecule has 98 valence electrons. The van der Waals surface area contributed by atoms with Crippen molar-refractivity contribution in [3.05, 3.63) is 42.2 Å². The molecule has 1 aromatic heterocycles. The van der Waals surface area contributed by atoms with Crippen molar-refractivity contribution >= 4 is 17.3 Å². The molecular formula is C13H13N3O3. The van der Waals surface area contributed by atoms with E-state index >= 15 is 0 Å². The number of methoxy groups -OCH3 is 1. The van der Waals surface area contributed by atoms with Gasteiger partial charge in [-0.15, -0.1) is 0 Å². The molecule has 1 amide bonds. The zero-order valence-electron chi connectivity index (χ0n) is 10.3. The number of nitrogens with one attached hydrogen (secondary N) is 1. The summed E-state index contributed by atoms with van der Waals surface area (Å²) in [5, 5.41) is 12.1. The Morgan fingerprint density at radius 1 is 1.42 bits per heavy atom.